The van der Waals surface area contributed by atoms with Gasteiger partial charge in [-0.25, -0.2) is 4.98 Å². The fourth-order valence-corrected chi connectivity index (χ4v) is 3.23. The largest absolute Gasteiger partial charge is 0.497 e. The molecule has 0 radical (unpaired) electrons. The van der Waals surface area contributed by atoms with Crippen molar-refractivity contribution in [3.8, 4) is 5.75 Å². The van der Waals surface area contributed by atoms with E-state index in [-0.39, 0.29) is 5.56 Å². The van der Waals surface area contributed by atoms with Crippen LogP contribution in [0.2, 0.25) is 0 Å². The molecule has 0 amide bonds. The van der Waals surface area contributed by atoms with Crippen LogP contribution in [0.5, 0.6) is 5.75 Å². The lowest BCUT2D eigenvalue weighted by molar-refractivity contribution is 0.415. The SMILES string of the molecule is COc1ccc(NCc2cc(=O)n3[nH]c(NCc4cccs4)nc3n2)cc1. The lowest BCUT2D eigenvalue weighted by Gasteiger charge is -2.06. The van der Waals surface area contributed by atoms with Crippen molar-refractivity contribution >= 4 is 28.8 Å². The van der Waals surface area contributed by atoms with Crippen LogP contribution in [-0.4, -0.2) is 26.7 Å². The molecule has 4 aromatic rings. The molecule has 0 saturated carbocycles. The number of aromatic nitrogens is 4. The summed E-state index contributed by atoms with van der Waals surface area (Å²) in [5.41, 5.74) is 1.33. The van der Waals surface area contributed by atoms with Crippen LogP contribution in [0, 0.1) is 0 Å². The number of methoxy groups -OCH3 is 1. The Kier molecular flexibility index (Phi) is 4.75. The zero-order valence-corrected chi connectivity index (χ0v) is 15.4. The van der Waals surface area contributed by atoms with Gasteiger partial charge in [-0.1, -0.05) is 6.07 Å². The molecule has 8 nitrogen and oxygen atoms in total. The molecule has 0 aliphatic carbocycles. The predicted octanol–water partition coefficient (Wildman–Crippen LogP) is 2.71. The molecule has 3 N–H and O–H groups in total. The standard InChI is InChI=1S/C18H18N6O2S/c1-26-14-6-4-12(5-7-14)19-10-13-9-16(25)24-18(21-13)22-17(23-24)20-11-15-3-2-8-27-15/h2-9,19H,10-11H2,1H3,(H2,20,21,22,23). The second kappa shape index (κ2) is 7.50. The van der Waals surface area contributed by atoms with E-state index < -0.39 is 0 Å². The van der Waals surface area contributed by atoms with Crippen molar-refractivity contribution < 1.29 is 4.74 Å². The minimum Gasteiger partial charge on any atom is -0.497 e. The second-order valence-electron chi connectivity index (χ2n) is 5.81. The average molecular weight is 382 g/mol. The molecule has 3 heterocycles. The zero-order chi connectivity index (χ0) is 18.6. The maximum Gasteiger partial charge on any atom is 0.274 e. The van der Waals surface area contributed by atoms with E-state index in [0.717, 1.165) is 11.4 Å². The second-order valence-corrected chi connectivity index (χ2v) is 6.84. The first-order valence-electron chi connectivity index (χ1n) is 8.34. The van der Waals surface area contributed by atoms with Gasteiger partial charge < -0.3 is 15.4 Å². The van der Waals surface area contributed by atoms with E-state index in [1.807, 2.05) is 41.8 Å². The van der Waals surface area contributed by atoms with Gasteiger partial charge in [0.1, 0.15) is 5.75 Å². The van der Waals surface area contributed by atoms with Gasteiger partial charge in [-0.2, -0.15) is 9.50 Å². The summed E-state index contributed by atoms with van der Waals surface area (Å²) in [5, 5.41) is 11.4. The van der Waals surface area contributed by atoms with Gasteiger partial charge in [-0.3, -0.25) is 9.89 Å². The third-order valence-electron chi connectivity index (χ3n) is 3.96. The van der Waals surface area contributed by atoms with Crippen LogP contribution in [0.1, 0.15) is 10.6 Å². The van der Waals surface area contributed by atoms with Gasteiger partial charge in [-0.15, -0.1) is 11.3 Å². The first-order valence-corrected chi connectivity index (χ1v) is 9.22. The molecule has 4 rings (SSSR count). The van der Waals surface area contributed by atoms with Crippen LogP contribution >= 0.6 is 11.3 Å². The number of rotatable bonds is 7. The van der Waals surface area contributed by atoms with Crippen LogP contribution in [0.4, 0.5) is 11.6 Å². The van der Waals surface area contributed by atoms with E-state index in [2.05, 4.69) is 25.7 Å². The van der Waals surface area contributed by atoms with E-state index in [1.54, 1.807) is 18.4 Å². The number of anilines is 2. The molecule has 0 spiro atoms. The molecule has 1 aromatic carbocycles. The van der Waals surface area contributed by atoms with E-state index in [4.69, 9.17) is 4.74 Å². The van der Waals surface area contributed by atoms with Crippen LogP contribution in [0.25, 0.3) is 5.78 Å². The van der Waals surface area contributed by atoms with Gasteiger partial charge >= 0.3 is 0 Å². The number of nitrogens with one attached hydrogen (secondary N) is 3. The van der Waals surface area contributed by atoms with Crippen molar-refractivity contribution in [1.82, 2.24) is 19.6 Å². The third-order valence-corrected chi connectivity index (χ3v) is 4.83. The molecule has 3 aromatic heterocycles. The Morgan fingerprint density at radius 2 is 2.00 bits per heavy atom. The lowest BCUT2D eigenvalue weighted by Crippen LogP contribution is -2.17. The fourth-order valence-electron chi connectivity index (χ4n) is 2.58. The monoisotopic (exact) mass is 382 g/mol. The lowest BCUT2D eigenvalue weighted by atomic mass is 10.3. The van der Waals surface area contributed by atoms with Crippen LogP contribution in [0.15, 0.2) is 52.6 Å². The first kappa shape index (κ1) is 17.1. The molecule has 0 bridgehead atoms. The topological polar surface area (TPSA) is 96.3 Å². The Morgan fingerprint density at radius 1 is 1.15 bits per heavy atom. The molecule has 0 atom stereocenters. The molecule has 9 heteroatoms. The zero-order valence-electron chi connectivity index (χ0n) is 14.6. The van der Waals surface area contributed by atoms with Crippen LogP contribution in [-0.2, 0) is 13.1 Å². The van der Waals surface area contributed by atoms with Crippen molar-refractivity contribution in [1.29, 1.82) is 0 Å². The van der Waals surface area contributed by atoms with Crippen molar-refractivity contribution in [2.24, 2.45) is 0 Å². The third kappa shape index (κ3) is 3.93. The summed E-state index contributed by atoms with van der Waals surface area (Å²) in [6.45, 7) is 1.06. The highest BCUT2D eigenvalue weighted by molar-refractivity contribution is 7.09. The van der Waals surface area contributed by atoms with Crippen LogP contribution < -0.4 is 20.9 Å². The molecule has 0 saturated heterocycles. The van der Waals surface area contributed by atoms with E-state index in [1.165, 1.54) is 15.5 Å². The molecular formula is C18H18N6O2S. The molecule has 27 heavy (non-hydrogen) atoms. The Labute approximate surface area is 158 Å². The molecule has 0 aliphatic heterocycles. The summed E-state index contributed by atoms with van der Waals surface area (Å²) in [4.78, 5) is 22.3. The Hall–Kier alpha value is -3.33. The smallest absolute Gasteiger partial charge is 0.274 e. The highest BCUT2D eigenvalue weighted by Gasteiger charge is 2.08. The highest BCUT2D eigenvalue weighted by Crippen LogP contribution is 2.15. The maximum absolute atomic E-state index is 12.3. The van der Waals surface area contributed by atoms with Gasteiger partial charge in [0.2, 0.25) is 5.95 Å². The Morgan fingerprint density at radius 3 is 2.74 bits per heavy atom. The molecule has 0 unspecified atom stereocenters. The maximum atomic E-state index is 12.3. The van der Waals surface area contributed by atoms with E-state index in [0.29, 0.717) is 30.5 Å². The Balaban J connectivity index is 1.47. The molecule has 0 aliphatic rings. The number of hydrogen-bond acceptors (Lipinski definition) is 7. The number of aromatic amines is 1. The number of benzene rings is 1. The normalized spacial score (nSPS) is 10.9. The van der Waals surface area contributed by atoms with Crippen molar-refractivity contribution in [3.63, 3.8) is 0 Å². The summed E-state index contributed by atoms with van der Waals surface area (Å²) in [6.07, 6.45) is 0. The fraction of sp³-hybridized carbons (Fsp3) is 0.167. The van der Waals surface area contributed by atoms with Crippen molar-refractivity contribution in [2.45, 2.75) is 13.1 Å². The summed E-state index contributed by atoms with van der Waals surface area (Å²) in [7, 11) is 1.63. The molecular weight excluding hydrogens is 364 g/mol. The number of H-pyrrole nitrogens is 1. The quantitative estimate of drug-likeness (QED) is 0.455. The summed E-state index contributed by atoms with van der Waals surface area (Å²) in [5.74, 6) is 1.63. The number of hydrogen-bond donors (Lipinski definition) is 3. The minimum atomic E-state index is -0.205. The minimum absolute atomic E-state index is 0.205. The van der Waals surface area contributed by atoms with Gasteiger partial charge in [0.05, 0.1) is 25.9 Å². The molecule has 138 valence electrons. The van der Waals surface area contributed by atoms with E-state index >= 15 is 0 Å². The van der Waals surface area contributed by atoms with Gasteiger partial charge in [0.25, 0.3) is 11.3 Å². The summed E-state index contributed by atoms with van der Waals surface area (Å²) in [6, 6.07) is 13.1. The number of nitrogens with zero attached hydrogens (tertiary/aromatic N) is 3. The van der Waals surface area contributed by atoms with Gasteiger partial charge in [0.15, 0.2) is 0 Å². The average Bonchev–Trinajstić information content (AvgIpc) is 3.35. The highest BCUT2D eigenvalue weighted by atomic mass is 32.1. The Bertz CT molecular complexity index is 1090. The first-order chi connectivity index (χ1) is 13.2. The predicted molar refractivity (Wildman–Crippen MR) is 106 cm³/mol. The van der Waals surface area contributed by atoms with Gasteiger partial charge in [0, 0.05) is 16.6 Å². The summed E-state index contributed by atoms with van der Waals surface area (Å²) >= 11 is 1.66. The van der Waals surface area contributed by atoms with Gasteiger partial charge in [-0.05, 0) is 35.7 Å². The summed E-state index contributed by atoms with van der Waals surface area (Å²) < 4.78 is 6.47. The number of thiophene rings is 1. The molecule has 0 fully saturated rings. The van der Waals surface area contributed by atoms with Crippen molar-refractivity contribution in [3.05, 3.63) is 68.8 Å². The van der Waals surface area contributed by atoms with Crippen molar-refractivity contribution in [2.75, 3.05) is 17.7 Å². The number of fused-ring (bicyclic) bond motifs is 1. The van der Waals surface area contributed by atoms with E-state index in [9.17, 15) is 4.79 Å². The van der Waals surface area contributed by atoms with Crippen LogP contribution in [0.3, 0.4) is 0 Å². The number of ether oxygens (including phenoxy) is 1.